The first-order valence-corrected chi connectivity index (χ1v) is 6.65. The zero-order valence-electron chi connectivity index (χ0n) is 11.4. The molecule has 2 aromatic rings. The van der Waals surface area contributed by atoms with Crippen molar-refractivity contribution in [2.75, 3.05) is 19.7 Å². The van der Waals surface area contributed by atoms with Gasteiger partial charge in [0.15, 0.2) is 11.5 Å². The first kappa shape index (κ1) is 13.6. The van der Waals surface area contributed by atoms with Crippen LogP contribution in [0.3, 0.4) is 0 Å². The number of fused-ring (bicyclic) bond motifs is 1. The molecular formula is C15H19NO3. The van der Waals surface area contributed by atoms with Crippen molar-refractivity contribution in [1.82, 2.24) is 5.32 Å². The van der Waals surface area contributed by atoms with Gasteiger partial charge >= 0.3 is 0 Å². The van der Waals surface area contributed by atoms with E-state index in [1.165, 1.54) is 0 Å². The molecule has 4 heteroatoms. The van der Waals surface area contributed by atoms with Gasteiger partial charge in [0, 0.05) is 18.4 Å². The van der Waals surface area contributed by atoms with Crippen molar-refractivity contribution in [2.45, 2.75) is 20.3 Å². The zero-order valence-corrected chi connectivity index (χ0v) is 11.4. The molecule has 1 N–H and O–H groups in total. The molecular weight excluding hydrogens is 242 g/mol. The first-order chi connectivity index (χ1) is 9.24. The molecule has 0 radical (unpaired) electrons. The molecule has 0 spiro atoms. The van der Waals surface area contributed by atoms with Gasteiger partial charge < -0.3 is 14.5 Å². The number of ketones is 1. The maximum atomic E-state index is 11.6. The Morgan fingerprint density at radius 1 is 1.32 bits per heavy atom. The fraction of sp³-hybridized carbons (Fsp3) is 0.400. The molecule has 102 valence electrons. The standard InChI is InChI=1S/C15H19NO3/c1-3-13(17)15-10-11-9-12(5-6-14(11)19-15)18-8-7-16-4-2/h5-6,9-10,16H,3-4,7-8H2,1-2H3. The number of rotatable bonds is 7. The average Bonchev–Trinajstić information content (AvgIpc) is 2.85. The van der Waals surface area contributed by atoms with E-state index in [1.54, 1.807) is 6.07 Å². The molecule has 1 aromatic carbocycles. The normalized spacial score (nSPS) is 10.8. The predicted octanol–water partition coefficient (Wildman–Crippen LogP) is 3.01. The highest BCUT2D eigenvalue weighted by atomic mass is 16.5. The summed E-state index contributed by atoms with van der Waals surface area (Å²) in [6.45, 7) is 6.26. The first-order valence-electron chi connectivity index (χ1n) is 6.65. The number of nitrogens with one attached hydrogen (secondary N) is 1. The summed E-state index contributed by atoms with van der Waals surface area (Å²) in [5, 5.41) is 4.09. The molecule has 0 fully saturated rings. The van der Waals surface area contributed by atoms with Crippen molar-refractivity contribution in [2.24, 2.45) is 0 Å². The van der Waals surface area contributed by atoms with Crippen molar-refractivity contribution >= 4 is 16.8 Å². The molecule has 0 saturated carbocycles. The highest BCUT2D eigenvalue weighted by Gasteiger charge is 2.10. The van der Waals surface area contributed by atoms with Gasteiger partial charge in [0.05, 0.1) is 0 Å². The van der Waals surface area contributed by atoms with Gasteiger partial charge in [-0.25, -0.2) is 0 Å². The third-order valence-corrected chi connectivity index (χ3v) is 2.88. The lowest BCUT2D eigenvalue weighted by Crippen LogP contribution is -2.20. The third-order valence-electron chi connectivity index (χ3n) is 2.88. The van der Waals surface area contributed by atoms with Crippen molar-refractivity contribution in [3.63, 3.8) is 0 Å². The predicted molar refractivity (Wildman–Crippen MR) is 74.9 cm³/mol. The Balaban J connectivity index is 2.09. The number of likely N-dealkylation sites (N-methyl/N-ethyl adjacent to an activating group) is 1. The topological polar surface area (TPSA) is 51.5 Å². The van der Waals surface area contributed by atoms with Gasteiger partial charge in [-0.2, -0.15) is 0 Å². The molecule has 0 aliphatic rings. The molecule has 0 amide bonds. The SMILES string of the molecule is CCNCCOc1ccc2oc(C(=O)CC)cc2c1. The summed E-state index contributed by atoms with van der Waals surface area (Å²) in [4.78, 5) is 11.6. The summed E-state index contributed by atoms with van der Waals surface area (Å²) in [5.41, 5.74) is 0.718. The van der Waals surface area contributed by atoms with Crippen LogP contribution in [-0.4, -0.2) is 25.5 Å². The molecule has 0 aliphatic carbocycles. The smallest absolute Gasteiger partial charge is 0.197 e. The number of ether oxygens (including phenoxy) is 1. The van der Waals surface area contributed by atoms with Crippen LogP contribution in [0.2, 0.25) is 0 Å². The van der Waals surface area contributed by atoms with E-state index in [1.807, 2.05) is 25.1 Å². The molecule has 0 atom stereocenters. The summed E-state index contributed by atoms with van der Waals surface area (Å²) < 4.78 is 11.1. The zero-order chi connectivity index (χ0) is 13.7. The number of furan rings is 1. The van der Waals surface area contributed by atoms with Crippen molar-refractivity contribution in [3.8, 4) is 5.75 Å². The van der Waals surface area contributed by atoms with Crippen LogP contribution in [-0.2, 0) is 0 Å². The van der Waals surface area contributed by atoms with E-state index in [0.29, 0.717) is 18.8 Å². The maximum absolute atomic E-state index is 11.6. The number of hydrogen-bond donors (Lipinski definition) is 1. The third kappa shape index (κ3) is 3.35. The Hall–Kier alpha value is -1.81. The minimum absolute atomic E-state index is 0.0193. The summed E-state index contributed by atoms with van der Waals surface area (Å²) in [6.07, 6.45) is 0.450. The Morgan fingerprint density at radius 2 is 2.16 bits per heavy atom. The fourth-order valence-corrected chi connectivity index (χ4v) is 1.84. The van der Waals surface area contributed by atoms with Crippen LogP contribution >= 0.6 is 0 Å². The van der Waals surface area contributed by atoms with Crippen LogP contribution in [0.5, 0.6) is 5.75 Å². The minimum Gasteiger partial charge on any atom is -0.492 e. The molecule has 4 nitrogen and oxygen atoms in total. The molecule has 0 aliphatic heterocycles. The monoisotopic (exact) mass is 261 g/mol. The van der Waals surface area contributed by atoms with Crippen molar-refractivity contribution in [3.05, 3.63) is 30.0 Å². The number of carbonyl (C=O) groups excluding carboxylic acids is 1. The van der Waals surface area contributed by atoms with Gasteiger partial charge in [0.25, 0.3) is 0 Å². The largest absolute Gasteiger partial charge is 0.492 e. The van der Waals surface area contributed by atoms with Crippen molar-refractivity contribution < 1.29 is 13.9 Å². The Morgan fingerprint density at radius 3 is 2.89 bits per heavy atom. The Kier molecular flexibility index (Phi) is 4.58. The number of benzene rings is 1. The highest BCUT2D eigenvalue weighted by molar-refractivity contribution is 5.97. The van der Waals surface area contributed by atoms with E-state index in [0.717, 1.165) is 29.8 Å². The molecule has 1 aromatic heterocycles. The van der Waals surface area contributed by atoms with Gasteiger partial charge in [-0.3, -0.25) is 4.79 Å². The summed E-state index contributed by atoms with van der Waals surface area (Å²) in [7, 11) is 0. The van der Waals surface area contributed by atoms with E-state index in [4.69, 9.17) is 9.15 Å². The van der Waals surface area contributed by atoms with Crippen LogP contribution in [0.4, 0.5) is 0 Å². The number of Topliss-reactive ketones (excluding diaryl/α,β-unsaturated/α-hetero) is 1. The second-order valence-electron chi connectivity index (χ2n) is 4.29. The lowest BCUT2D eigenvalue weighted by Gasteiger charge is -2.05. The van der Waals surface area contributed by atoms with Crippen LogP contribution in [0.25, 0.3) is 11.0 Å². The van der Waals surface area contributed by atoms with E-state index < -0.39 is 0 Å². The highest BCUT2D eigenvalue weighted by Crippen LogP contribution is 2.24. The summed E-state index contributed by atoms with van der Waals surface area (Å²) in [6, 6.07) is 7.37. The Labute approximate surface area is 112 Å². The Bertz CT molecular complexity index is 560. The molecule has 0 saturated heterocycles. The van der Waals surface area contributed by atoms with Crippen molar-refractivity contribution in [1.29, 1.82) is 0 Å². The molecule has 0 bridgehead atoms. The second-order valence-corrected chi connectivity index (χ2v) is 4.29. The van der Waals surface area contributed by atoms with Gasteiger partial charge in [0.2, 0.25) is 0 Å². The van der Waals surface area contributed by atoms with E-state index in [2.05, 4.69) is 12.2 Å². The van der Waals surface area contributed by atoms with Crippen LogP contribution in [0, 0.1) is 0 Å². The van der Waals surface area contributed by atoms with Crippen LogP contribution in [0.1, 0.15) is 30.8 Å². The van der Waals surface area contributed by atoms with E-state index in [9.17, 15) is 4.79 Å². The van der Waals surface area contributed by atoms with E-state index >= 15 is 0 Å². The quantitative estimate of drug-likeness (QED) is 0.615. The molecule has 0 unspecified atom stereocenters. The van der Waals surface area contributed by atoms with Crippen LogP contribution < -0.4 is 10.1 Å². The minimum atomic E-state index is 0.0193. The van der Waals surface area contributed by atoms with Gasteiger partial charge in [-0.05, 0) is 30.8 Å². The van der Waals surface area contributed by atoms with E-state index in [-0.39, 0.29) is 5.78 Å². The van der Waals surface area contributed by atoms with Crippen LogP contribution in [0.15, 0.2) is 28.7 Å². The number of carbonyl (C=O) groups is 1. The lowest BCUT2D eigenvalue weighted by molar-refractivity contribution is 0.0963. The van der Waals surface area contributed by atoms with Gasteiger partial charge in [0.1, 0.15) is 17.9 Å². The second kappa shape index (κ2) is 6.38. The summed E-state index contributed by atoms with van der Waals surface area (Å²) in [5.74, 6) is 1.23. The number of hydrogen-bond acceptors (Lipinski definition) is 4. The van der Waals surface area contributed by atoms with Gasteiger partial charge in [-0.1, -0.05) is 13.8 Å². The lowest BCUT2D eigenvalue weighted by atomic mass is 10.2. The van der Waals surface area contributed by atoms with Gasteiger partial charge in [-0.15, -0.1) is 0 Å². The maximum Gasteiger partial charge on any atom is 0.197 e. The molecule has 2 rings (SSSR count). The molecule has 1 heterocycles. The summed E-state index contributed by atoms with van der Waals surface area (Å²) >= 11 is 0. The molecule has 19 heavy (non-hydrogen) atoms. The fourth-order valence-electron chi connectivity index (χ4n) is 1.84. The average molecular weight is 261 g/mol.